The topological polar surface area (TPSA) is 74.7 Å². The van der Waals surface area contributed by atoms with Gasteiger partial charge in [-0.15, -0.1) is 0 Å². The molecule has 0 atom stereocenters. The van der Waals surface area contributed by atoms with Gasteiger partial charge in [-0.25, -0.2) is 8.42 Å². The quantitative estimate of drug-likeness (QED) is 0.751. The Morgan fingerprint density at radius 3 is 2.41 bits per heavy atom. The van der Waals surface area contributed by atoms with Gasteiger partial charge in [-0.2, -0.15) is 4.31 Å². The molecule has 0 aromatic rings. The van der Waals surface area contributed by atoms with Crippen LogP contribution < -0.4 is 0 Å². The van der Waals surface area contributed by atoms with E-state index in [2.05, 4.69) is 0 Å². The lowest BCUT2D eigenvalue weighted by Gasteiger charge is -2.21. The number of nitrogens with zero attached hydrogens (tertiary/aromatic N) is 1. The van der Waals surface area contributed by atoms with Crippen LogP contribution in [0.3, 0.4) is 0 Å². The minimum Gasteiger partial charge on any atom is -0.480 e. The molecule has 1 N–H and O–H groups in total. The van der Waals surface area contributed by atoms with Crippen molar-refractivity contribution in [2.24, 2.45) is 5.92 Å². The van der Waals surface area contributed by atoms with Crippen LogP contribution in [0.2, 0.25) is 0 Å². The van der Waals surface area contributed by atoms with E-state index < -0.39 is 22.5 Å². The number of rotatable bonds is 7. The molecule has 0 saturated heterocycles. The molecule has 1 fully saturated rings. The average molecular weight is 263 g/mol. The highest BCUT2D eigenvalue weighted by atomic mass is 32.2. The van der Waals surface area contributed by atoms with Gasteiger partial charge in [0.1, 0.15) is 6.54 Å². The number of carboxylic acid groups (broad SMARTS) is 1. The molecule has 0 aromatic carbocycles. The molecule has 0 unspecified atom stereocenters. The van der Waals surface area contributed by atoms with Crippen LogP contribution in [0.1, 0.15) is 39.0 Å². The van der Waals surface area contributed by atoms with Crippen LogP contribution in [0.25, 0.3) is 0 Å². The van der Waals surface area contributed by atoms with Crippen molar-refractivity contribution in [2.45, 2.75) is 39.0 Å². The zero-order valence-electron chi connectivity index (χ0n) is 10.3. The first-order valence-electron chi connectivity index (χ1n) is 6.15. The van der Waals surface area contributed by atoms with Gasteiger partial charge in [-0.3, -0.25) is 4.79 Å². The summed E-state index contributed by atoms with van der Waals surface area (Å²) in [6.07, 6.45) is 4.72. The summed E-state index contributed by atoms with van der Waals surface area (Å²) in [4.78, 5) is 10.7. The molecular weight excluding hydrogens is 242 g/mol. The molecule has 5 nitrogen and oxygen atoms in total. The van der Waals surface area contributed by atoms with Crippen LogP contribution in [0, 0.1) is 5.92 Å². The second-order valence-electron chi connectivity index (χ2n) is 4.66. The van der Waals surface area contributed by atoms with Gasteiger partial charge in [-0.1, -0.05) is 19.8 Å². The Morgan fingerprint density at radius 1 is 1.35 bits per heavy atom. The van der Waals surface area contributed by atoms with E-state index in [9.17, 15) is 13.2 Å². The standard InChI is InChI=1S/C11H21NO4S/c1-2-7-12(8-11(13)14)17(15,16)9-10-5-3-4-6-10/h10H,2-9H2,1H3,(H,13,14). The van der Waals surface area contributed by atoms with Crippen LogP contribution in [0.5, 0.6) is 0 Å². The van der Waals surface area contributed by atoms with Crippen molar-refractivity contribution < 1.29 is 18.3 Å². The lowest BCUT2D eigenvalue weighted by molar-refractivity contribution is -0.137. The van der Waals surface area contributed by atoms with E-state index in [1.165, 1.54) is 0 Å². The Kier molecular flexibility index (Phi) is 5.39. The molecule has 6 heteroatoms. The second-order valence-corrected chi connectivity index (χ2v) is 6.67. The van der Waals surface area contributed by atoms with Gasteiger partial charge in [-0.05, 0) is 25.2 Å². The van der Waals surface area contributed by atoms with Crippen molar-refractivity contribution in [3.63, 3.8) is 0 Å². The zero-order chi connectivity index (χ0) is 12.9. The van der Waals surface area contributed by atoms with E-state index in [0.717, 1.165) is 30.0 Å². The highest BCUT2D eigenvalue weighted by molar-refractivity contribution is 7.89. The molecule has 1 rings (SSSR count). The number of hydrogen-bond acceptors (Lipinski definition) is 3. The average Bonchev–Trinajstić information content (AvgIpc) is 2.68. The van der Waals surface area contributed by atoms with Crippen molar-refractivity contribution in [1.29, 1.82) is 0 Å². The summed E-state index contributed by atoms with van der Waals surface area (Å²) in [5, 5.41) is 8.73. The number of carboxylic acids is 1. The van der Waals surface area contributed by atoms with E-state index in [1.54, 1.807) is 0 Å². The Bertz CT molecular complexity index is 346. The maximum absolute atomic E-state index is 12.1. The Labute approximate surface area is 103 Å². The van der Waals surface area contributed by atoms with E-state index in [-0.39, 0.29) is 11.7 Å². The van der Waals surface area contributed by atoms with Gasteiger partial charge < -0.3 is 5.11 Å². The summed E-state index contributed by atoms with van der Waals surface area (Å²) in [6, 6.07) is 0. The van der Waals surface area contributed by atoms with Crippen LogP contribution in [-0.4, -0.2) is 42.6 Å². The number of aliphatic carboxylic acids is 1. The predicted octanol–water partition coefficient (Wildman–Crippen LogP) is 1.30. The molecule has 0 aliphatic heterocycles. The van der Waals surface area contributed by atoms with Gasteiger partial charge >= 0.3 is 5.97 Å². The molecule has 0 radical (unpaired) electrons. The SMILES string of the molecule is CCCN(CC(=O)O)S(=O)(=O)CC1CCCC1. The fraction of sp³-hybridized carbons (Fsp3) is 0.909. The Hall–Kier alpha value is -0.620. The predicted molar refractivity (Wildman–Crippen MR) is 65.2 cm³/mol. The maximum atomic E-state index is 12.1. The van der Waals surface area contributed by atoms with Crippen molar-refractivity contribution >= 4 is 16.0 Å². The van der Waals surface area contributed by atoms with Crippen LogP contribution in [0.15, 0.2) is 0 Å². The summed E-state index contributed by atoms with van der Waals surface area (Å²) in [7, 11) is -3.41. The third-order valence-electron chi connectivity index (χ3n) is 3.10. The monoisotopic (exact) mass is 263 g/mol. The van der Waals surface area contributed by atoms with Gasteiger partial charge in [0.2, 0.25) is 10.0 Å². The van der Waals surface area contributed by atoms with Gasteiger partial charge in [0.15, 0.2) is 0 Å². The highest BCUT2D eigenvalue weighted by Crippen LogP contribution is 2.26. The second kappa shape index (κ2) is 6.35. The fourth-order valence-electron chi connectivity index (χ4n) is 2.30. The Balaban J connectivity index is 2.65. The molecule has 1 saturated carbocycles. The first kappa shape index (κ1) is 14.4. The van der Waals surface area contributed by atoms with E-state index in [4.69, 9.17) is 5.11 Å². The molecule has 100 valence electrons. The molecule has 0 aromatic heterocycles. The third-order valence-corrected chi connectivity index (χ3v) is 5.09. The zero-order valence-corrected chi connectivity index (χ0v) is 11.1. The maximum Gasteiger partial charge on any atom is 0.318 e. The summed E-state index contributed by atoms with van der Waals surface area (Å²) in [5.74, 6) is -0.762. The highest BCUT2D eigenvalue weighted by Gasteiger charge is 2.28. The first-order valence-corrected chi connectivity index (χ1v) is 7.76. The minimum atomic E-state index is -3.41. The van der Waals surface area contributed by atoms with Crippen molar-refractivity contribution in [1.82, 2.24) is 4.31 Å². The molecule has 1 aliphatic carbocycles. The number of hydrogen-bond donors (Lipinski definition) is 1. The smallest absolute Gasteiger partial charge is 0.318 e. The third kappa shape index (κ3) is 4.63. The Morgan fingerprint density at radius 2 is 1.94 bits per heavy atom. The number of carbonyl (C=O) groups is 1. The minimum absolute atomic E-state index is 0.111. The van der Waals surface area contributed by atoms with E-state index in [1.807, 2.05) is 6.92 Å². The lowest BCUT2D eigenvalue weighted by Crippen LogP contribution is -2.39. The number of sulfonamides is 1. The normalized spacial score (nSPS) is 17.8. The molecular formula is C11H21NO4S. The molecule has 0 heterocycles. The largest absolute Gasteiger partial charge is 0.480 e. The van der Waals surface area contributed by atoms with E-state index >= 15 is 0 Å². The molecule has 0 spiro atoms. The molecule has 17 heavy (non-hydrogen) atoms. The van der Waals surface area contributed by atoms with Crippen LogP contribution in [-0.2, 0) is 14.8 Å². The van der Waals surface area contributed by atoms with Crippen molar-refractivity contribution in [3.05, 3.63) is 0 Å². The summed E-state index contributed by atoms with van der Waals surface area (Å²) < 4.78 is 25.3. The summed E-state index contributed by atoms with van der Waals surface area (Å²) >= 11 is 0. The van der Waals surface area contributed by atoms with Gasteiger partial charge in [0, 0.05) is 6.54 Å². The molecule has 0 bridgehead atoms. The first-order chi connectivity index (χ1) is 7.95. The molecule has 1 aliphatic rings. The van der Waals surface area contributed by atoms with Crippen molar-refractivity contribution in [3.8, 4) is 0 Å². The van der Waals surface area contributed by atoms with Gasteiger partial charge in [0.25, 0.3) is 0 Å². The lowest BCUT2D eigenvalue weighted by atomic mass is 10.1. The fourth-order valence-corrected chi connectivity index (χ4v) is 4.20. The molecule has 0 amide bonds. The van der Waals surface area contributed by atoms with E-state index in [0.29, 0.717) is 13.0 Å². The van der Waals surface area contributed by atoms with Gasteiger partial charge in [0.05, 0.1) is 5.75 Å². The van der Waals surface area contributed by atoms with Crippen LogP contribution in [0.4, 0.5) is 0 Å². The summed E-state index contributed by atoms with van der Waals surface area (Å²) in [6.45, 7) is 1.73. The van der Waals surface area contributed by atoms with Crippen LogP contribution >= 0.6 is 0 Å². The summed E-state index contributed by atoms with van der Waals surface area (Å²) in [5.41, 5.74) is 0. The van der Waals surface area contributed by atoms with Crippen molar-refractivity contribution in [2.75, 3.05) is 18.8 Å².